The number of nitrogens with zero attached hydrogens (tertiary/aromatic N) is 1. The molecule has 0 aliphatic carbocycles. The molecule has 102 valence electrons. The molecule has 18 heavy (non-hydrogen) atoms. The molecule has 1 unspecified atom stereocenters. The molecule has 0 aromatic carbocycles. The molecule has 0 aliphatic rings. The first kappa shape index (κ1) is 15.1. The van der Waals surface area contributed by atoms with E-state index < -0.39 is 0 Å². The first-order chi connectivity index (χ1) is 8.65. The highest BCUT2D eigenvalue weighted by atomic mass is 32.1. The maximum Gasteiger partial charge on any atom is 0.234 e. The minimum Gasteiger partial charge on any atom is -0.385 e. The van der Waals surface area contributed by atoms with Gasteiger partial charge >= 0.3 is 0 Å². The summed E-state index contributed by atoms with van der Waals surface area (Å²) in [4.78, 5) is 15.0. The maximum atomic E-state index is 11.7. The summed E-state index contributed by atoms with van der Waals surface area (Å²) in [6.07, 6.45) is 0.854. The van der Waals surface area contributed by atoms with Gasteiger partial charge in [0.25, 0.3) is 0 Å². The number of hydrogen-bond donors (Lipinski definition) is 1. The lowest BCUT2D eigenvalue weighted by Crippen LogP contribution is -2.36. The maximum absolute atomic E-state index is 11.7. The van der Waals surface area contributed by atoms with Crippen molar-refractivity contribution in [2.75, 3.05) is 33.9 Å². The summed E-state index contributed by atoms with van der Waals surface area (Å²) in [5.74, 6) is 0.0667. The molecule has 1 aromatic heterocycles. The van der Waals surface area contributed by atoms with Crippen molar-refractivity contribution < 1.29 is 9.53 Å². The Labute approximate surface area is 113 Å². The zero-order chi connectivity index (χ0) is 13.4. The number of amides is 1. The van der Waals surface area contributed by atoms with Crippen molar-refractivity contribution >= 4 is 17.2 Å². The van der Waals surface area contributed by atoms with E-state index in [1.165, 1.54) is 4.88 Å². The number of carbonyl (C=O) groups excluding carboxylic acids is 1. The molecule has 1 N–H and O–H groups in total. The van der Waals surface area contributed by atoms with Gasteiger partial charge in [0.1, 0.15) is 0 Å². The number of ether oxygens (including phenoxy) is 1. The molecule has 1 aromatic rings. The number of carbonyl (C=O) groups is 1. The number of rotatable bonds is 8. The quantitative estimate of drug-likeness (QED) is 0.734. The highest BCUT2D eigenvalue weighted by Gasteiger charge is 2.15. The Morgan fingerprint density at radius 3 is 3.00 bits per heavy atom. The Kier molecular flexibility index (Phi) is 6.93. The molecule has 0 saturated carbocycles. The molecule has 5 heteroatoms. The average Bonchev–Trinajstić information content (AvgIpc) is 2.87. The molecule has 1 atom stereocenters. The molecular weight excluding hydrogens is 248 g/mol. The minimum atomic E-state index is 0.0667. The van der Waals surface area contributed by atoms with Crippen LogP contribution in [0.15, 0.2) is 17.5 Å². The second kappa shape index (κ2) is 8.24. The summed E-state index contributed by atoms with van der Waals surface area (Å²) in [5, 5.41) is 4.95. The first-order valence-corrected chi connectivity index (χ1v) is 7.02. The first-order valence-electron chi connectivity index (χ1n) is 6.14. The molecule has 0 aliphatic heterocycles. The molecule has 0 saturated heterocycles. The zero-order valence-corrected chi connectivity index (χ0v) is 12.1. The molecule has 0 fully saturated rings. The molecule has 1 rings (SSSR count). The molecule has 0 radical (unpaired) electrons. The second-order valence-electron chi connectivity index (χ2n) is 4.30. The van der Waals surface area contributed by atoms with E-state index >= 15 is 0 Å². The van der Waals surface area contributed by atoms with Crippen molar-refractivity contribution in [1.82, 2.24) is 10.2 Å². The van der Waals surface area contributed by atoms with E-state index in [9.17, 15) is 4.79 Å². The van der Waals surface area contributed by atoms with Crippen molar-refractivity contribution in [3.05, 3.63) is 22.4 Å². The van der Waals surface area contributed by atoms with E-state index in [0.29, 0.717) is 19.7 Å². The average molecular weight is 270 g/mol. The van der Waals surface area contributed by atoms with Crippen LogP contribution < -0.4 is 5.32 Å². The van der Waals surface area contributed by atoms with Gasteiger partial charge in [-0.1, -0.05) is 6.07 Å². The highest BCUT2D eigenvalue weighted by Crippen LogP contribution is 2.22. The van der Waals surface area contributed by atoms with E-state index in [1.807, 2.05) is 13.1 Å². The lowest BCUT2D eigenvalue weighted by Gasteiger charge is -2.23. The third kappa shape index (κ3) is 5.16. The Hall–Kier alpha value is -0.910. The summed E-state index contributed by atoms with van der Waals surface area (Å²) < 4.78 is 4.93. The van der Waals surface area contributed by atoms with Crippen LogP contribution in [0.25, 0.3) is 0 Å². The fourth-order valence-electron chi connectivity index (χ4n) is 1.61. The fourth-order valence-corrected chi connectivity index (χ4v) is 2.46. The third-order valence-corrected chi connectivity index (χ3v) is 3.90. The number of hydrogen-bond acceptors (Lipinski definition) is 4. The largest absolute Gasteiger partial charge is 0.385 e. The SMILES string of the molecule is COCCCNC(=O)CN(C)C(C)c1cccs1. The predicted molar refractivity (Wildman–Crippen MR) is 74.9 cm³/mol. The summed E-state index contributed by atoms with van der Waals surface area (Å²) in [6, 6.07) is 4.41. The van der Waals surface area contributed by atoms with Gasteiger partial charge in [-0.15, -0.1) is 11.3 Å². The molecule has 0 spiro atoms. The highest BCUT2D eigenvalue weighted by molar-refractivity contribution is 7.10. The van der Waals surface area contributed by atoms with Gasteiger partial charge in [-0.25, -0.2) is 0 Å². The van der Waals surface area contributed by atoms with Crippen LogP contribution in [-0.2, 0) is 9.53 Å². The summed E-state index contributed by atoms with van der Waals surface area (Å²) in [7, 11) is 3.64. The van der Waals surface area contributed by atoms with E-state index in [2.05, 4.69) is 28.6 Å². The van der Waals surface area contributed by atoms with Crippen molar-refractivity contribution in [2.24, 2.45) is 0 Å². The Morgan fingerprint density at radius 2 is 2.39 bits per heavy atom. The number of thiophene rings is 1. The minimum absolute atomic E-state index is 0.0667. The third-order valence-electron chi connectivity index (χ3n) is 2.86. The lowest BCUT2D eigenvalue weighted by molar-refractivity contribution is -0.122. The van der Waals surface area contributed by atoms with Gasteiger partial charge in [0.05, 0.1) is 6.54 Å². The van der Waals surface area contributed by atoms with Gasteiger partial charge in [0, 0.05) is 31.2 Å². The summed E-state index contributed by atoms with van der Waals surface area (Å²) in [6.45, 7) is 3.89. The van der Waals surface area contributed by atoms with E-state index in [0.717, 1.165) is 6.42 Å². The van der Waals surface area contributed by atoms with Gasteiger partial charge in [-0.2, -0.15) is 0 Å². The molecule has 0 bridgehead atoms. The van der Waals surface area contributed by atoms with Crippen molar-refractivity contribution in [2.45, 2.75) is 19.4 Å². The van der Waals surface area contributed by atoms with Crippen LogP contribution in [0.3, 0.4) is 0 Å². The molecule has 4 nitrogen and oxygen atoms in total. The Balaban J connectivity index is 2.26. The Bertz CT molecular complexity index is 341. The van der Waals surface area contributed by atoms with Crippen LogP contribution >= 0.6 is 11.3 Å². The lowest BCUT2D eigenvalue weighted by atomic mass is 10.2. The van der Waals surface area contributed by atoms with Crippen LogP contribution in [0.4, 0.5) is 0 Å². The van der Waals surface area contributed by atoms with Gasteiger partial charge in [-0.3, -0.25) is 9.69 Å². The zero-order valence-electron chi connectivity index (χ0n) is 11.3. The van der Waals surface area contributed by atoms with Gasteiger partial charge < -0.3 is 10.1 Å². The van der Waals surface area contributed by atoms with Crippen molar-refractivity contribution in [3.63, 3.8) is 0 Å². The molecule has 1 heterocycles. The van der Waals surface area contributed by atoms with Crippen LogP contribution in [-0.4, -0.2) is 44.7 Å². The monoisotopic (exact) mass is 270 g/mol. The number of methoxy groups -OCH3 is 1. The second-order valence-corrected chi connectivity index (χ2v) is 5.28. The predicted octanol–water partition coefficient (Wildman–Crippen LogP) is 1.89. The summed E-state index contributed by atoms with van der Waals surface area (Å²) in [5.41, 5.74) is 0. The molecular formula is C13H22N2O2S. The van der Waals surface area contributed by atoms with Crippen LogP contribution in [0.5, 0.6) is 0 Å². The van der Waals surface area contributed by atoms with Gasteiger partial charge in [0.15, 0.2) is 0 Å². The van der Waals surface area contributed by atoms with Crippen molar-refractivity contribution in [1.29, 1.82) is 0 Å². The smallest absolute Gasteiger partial charge is 0.234 e. The van der Waals surface area contributed by atoms with Gasteiger partial charge in [-0.05, 0) is 31.8 Å². The summed E-state index contributed by atoms with van der Waals surface area (Å²) >= 11 is 1.72. The Morgan fingerprint density at radius 1 is 1.61 bits per heavy atom. The van der Waals surface area contributed by atoms with Crippen LogP contribution in [0.2, 0.25) is 0 Å². The van der Waals surface area contributed by atoms with E-state index in [1.54, 1.807) is 18.4 Å². The van der Waals surface area contributed by atoms with Crippen LogP contribution in [0, 0.1) is 0 Å². The normalized spacial score (nSPS) is 12.7. The van der Waals surface area contributed by atoms with Gasteiger partial charge in [0.2, 0.25) is 5.91 Å². The van der Waals surface area contributed by atoms with E-state index in [4.69, 9.17) is 4.74 Å². The van der Waals surface area contributed by atoms with Crippen LogP contribution in [0.1, 0.15) is 24.3 Å². The molecule has 1 amide bonds. The number of nitrogens with one attached hydrogen (secondary N) is 1. The van der Waals surface area contributed by atoms with Crippen molar-refractivity contribution in [3.8, 4) is 0 Å². The number of likely N-dealkylation sites (N-methyl/N-ethyl adjacent to an activating group) is 1. The fraction of sp³-hybridized carbons (Fsp3) is 0.615. The topological polar surface area (TPSA) is 41.6 Å². The van der Waals surface area contributed by atoms with E-state index in [-0.39, 0.29) is 11.9 Å². The standard InChI is InChI=1S/C13H22N2O2S/c1-11(12-6-4-9-18-12)15(2)10-13(16)14-7-5-8-17-3/h4,6,9,11H,5,7-8,10H2,1-3H3,(H,14,16).